The molecule has 2 aliphatic heterocycles. The number of hydrogen-bond donors (Lipinski definition) is 5. The molecule has 13 atom stereocenters. The number of nitrogens with zero attached hydrogens (tertiary/aromatic N) is 2. The van der Waals surface area contributed by atoms with Gasteiger partial charge < -0.3 is 108 Å². The van der Waals surface area contributed by atoms with Crippen LogP contribution < -0.4 is 36.9 Å². The topological polar surface area (TPSA) is 460 Å². The summed E-state index contributed by atoms with van der Waals surface area (Å²) in [7, 11) is 1.35. The van der Waals surface area contributed by atoms with E-state index < -0.39 is 192 Å². The number of hydrogen-bond acceptors (Lipinski definition) is 30. The normalized spacial score (nSPS) is 20.4. The van der Waals surface area contributed by atoms with Crippen LogP contribution in [0.5, 0.6) is 11.5 Å². The van der Waals surface area contributed by atoms with Crippen LogP contribution in [0.25, 0.3) is 0 Å². The van der Waals surface area contributed by atoms with Gasteiger partial charge in [-0.2, -0.15) is 5.26 Å². The van der Waals surface area contributed by atoms with Crippen molar-refractivity contribution in [3.63, 3.8) is 0 Å². The summed E-state index contributed by atoms with van der Waals surface area (Å²) in [6.07, 6.45) is -13.1. The Labute approximate surface area is 646 Å². The maximum atomic E-state index is 14.2. The molecule has 111 heavy (non-hydrogen) atoms. The number of nitrogens with one attached hydrogen (secondary N) is 3. The smallest absolute Gasteiger partial charge is 0.303 e. The lowest BCUT2D eigenvalue weighted by Gasteiger charge is -2.44. The van der Waals surface area contributed by atoms with Gasteiger partial charge in [-0.25, -0.2) is 4.67 Å². The second-order valence-electron chi connectivity index (χ2n) is 26.3. The Balaban J connectivity index is 1.33. The Morgan fingerprint density at radius 3 is 1.48 bits per heavy atom. The zero-order chi connectivity index (χ0) is 81.7. The molecule has 1 unspecified atom stereocenters. The highest BCUT2D eigenvalue weighted by atomic mass is 31.2. The van der Waals surface area contributed by atoms with Gasteiger partial charge in [0.1, 0.15) is 80.1 Å². The summed E-state index contributed by atoms with van der Waals surface area (Å²) in [4.78, 5) is 140. The van der Waals surface area contributed by atoms with Crippen LogP contribution in [0.1, 0.15) is 124 Å². The second kappa shape index (κ2) is 48.0. The van der Waals surface area contributed by atoms with E-state index in [1.807, 2.05) is 107 Å². The minimum atomic E-state index is -1.82. The zero-order valence-corrected chi connectivity index (χ0v) is 65.6. The Morgan fingerprint density at radius 2 is 1.03 bits per heavy atom. The summed E-state index contributed by atoms with van der Waals surface area (Å²) < 4.78 is 102. The molecular weight excluding hydrogens is 1480 g/mol. The first-order chi connectivity index (χ1) is 52.9. The fourth-order valence-corrected chi connectivity index (χ4v) is 14.0. The summed E-state index contributed by atoms with van der Waals surface area (Å²) in [5.41, 5.74) is 12.3. The van der Waals surface area contributed by atoms with E-state index in [1.165, 1.54) is 0 Å². The van der Waals surface area contributed by atoms with Crippen molar-refractivity contribution in [3.8, 4) is 17.6 Å². The molecule has 3 aromatic rings. The van der Waals surface area contributed by atoms with E-state index in [1.54, 1.807) is 14.2 Å². The van der Waals surface area contributed by atoms with Gasteiger partial charge in [-0.1, -0.05) is 54.6 Å². The summed E-state index contributed by atoms with van der Waals surface area (Å²) in [5.74, 6) is -10.3. The molecule has 2 fully saturated rings. The Hall–Kier alpha value is -9.05. The SMILES string of the molecule is COc1ccc(C(OC[C@H](COCCOCCNC(=O)[C@H](CCCCNC(=O)CO[C@@H]2O[C@H](COC(C)=O)[C@H](OC(C)=O)[C@H](OC(C)=O)[C@H]2CC(N)=O)NC(=O)CO[C@@H]2O[C@H](COC(C)=O)[C@H](OC(C)=O)[C@H](OC(C)=O)[C@H]2CC(N)=O)OP(OCCC#N)N(C(C)C)C(C)C)(c2ccccc2)c2ccc(OC)cc2)cc1. The molecule has 0 bridgehead atoms. The number of nitriles is 1. The summed E-state index contributed by atoms with van der Waals surface area (Å²) >= 11 is 0. The predicted molar refractivity (Wildman–Crippen MR) is 391 cm³/mol. The number of unbranched alkanes of at least 4 members (excludes halogenated alkanes) is 1. The van der Waals surface area contributed by atoms with Gasteiger partial charge in [-0.05, 0) is 87.9 Å². The maximum absolute atomic E-state index is 14.2. The number of methoxy groups -OCH3 is 2. The lowest BCUT2D eigenvalue weighted by Crippen LogP contribution is -2.60. The molecule has 7 N–H and O–H groups in total. The fourth-order valence-electron chi connectivity index (χ4n) is 12.4. The van der Waals surface area contributed by atoms with Crippen molar-refractivity contribution >= 4 is 73.9 Å². The molecular formula is C75H106N7O28P. The van der Waals surface area contributed by atoms with E-state index in [0.29, 0.717) is 11.5 Å². The number of esters is 6. The Morgan fingerprint density at radius 1 is 0.559 bits per heavy atom. The predicted octanol–water partition coefficient (Wildman–Crippen LogP) is 3.91. The third-order valence-electron chi connectivity index (χ3n) is 17.0. The molecule has 0 aliphatic carbocycles. The van der Waals surface area contributed by atoms with E-state index in [4.69, 9.17) is 91.6 Å². The second-order valence-corrected chi connectivity index (χ2v) is 27.7. The first-order valence-electron chi connectivity index (χ1n) is 36.2. The number of carbonyl (C=O) groups excluding carboxylic acids is 11. The van der Waals surface area contributed by atoms with Gasteiger partial charge in [-0.15, -0.1) is 0 Å². The Kier molecular flexibility index (Phi) is 40.0. The van der Waals surface area contributed by atoms with E-state index in [9.17, 15) is 58.0 Å². The molecule has 0 aromatic heterocycles. The lowest BCUT2D eigenvalue weighted by molar-refractivity contribution is -0.290. The number of amides is 5. The fraction of sp³-hybridized carbons (Fsp3) is 0.600. The third kappa shape index (κ3) is 30.9. The maximum Gasteiger partial charge on any atom is 0.303 e. The van der Waals surface area contributed by atoms with Gasteiger partial charge in [0.25, 0.3) is 8.53 Å². The minimum absolute atomic E-state index is 0.0200. The first kappa shape index (κ1) is 92.6. The minimum Gasteiger partial charge on any atom is -0.497 e. The van der Waals surface area contributed by atoms with Gasteiger partial charge in [0.15, 0.2) is 24.8 Å². The molecule has 35 nitrogen and oxygen atoms in total. The van der Waals surface area contributed by atoms with Gasteiger partial charge in [-0.3, -0.25) is 52.7 Å². The van der Waals surface area contributed by atoms with Gasteiger partial charge in [0, 0.05) is 79.6 Å². The van der Waals surface area contributed by atoms with Crippen molar-refractivity contribution in [2.24, 2.45) is 23.3 Å². The highest BCUT2D eigenvalue weighted by Crippen LogP contribution is 2.49. The average Bonchev–Trinajstić information content (AvgIpc) is 0.757. The zero-order valence-electron chi connectivity index (χ0n) is 64.7. The molecule has 5 amide bonds. The molecule has 5 rings (SSSR count). The van der Waals surface area contributed by atoms with Crippen LogP contribution >= 0.6 is 8.53 Å². The van der Waals surface area contributed by atoms with Crippen LogP contribution in [0.4, 0.5) is 0 Å². The van der Waals surface area contributed by atoms with Crippen LogP contribution in [-0.2, 0) is 129 Å². The monoisotopic (exact) mass is 1580 g/mol. The van der Waals surface area contributed by atoms with Crippen molar-refractivity contribution < 1.29 is 133 Å². The molecule has 36 heteroatoms. The highest BCUT2D eigenvalue weighted by Gasteiger charge is 2.53. The molecule has 0 radical (unpaired) electrons. The van der Waals surface area contributed by atoms with E-state index in [-0.39, 0.29) is 90.5 Å². The van der Waals surface area contributed by atoms with Crippen LogP contribution in [0, 0.1) is 23.2 Å². The molecule has 2 saturated heterocycles. The average molecular weight is 1580 g/mol. The number of nitrogens with two attached hydrogens (primary N) is 2. The van der Waals surface area contributed by atoms with E-state index >= 15 is 0 Å². The largest absolute Gasteiger partial charge is 0.497 e. The molecule has 3 aromatic carbocycles. The van der Waals surface area contributed by atoms with Gasteiger partial charge in [0.2, 0.25) is 29.5 Å². The number of carbonyl (C=O) groups is 11. The molecule has 0 spiro atoms. The van der Waals surface area contributed by atoms with Crippen molar-refractivity contribution in [1.82, 2.24) is 20.6 Å². The lowest BCUT2D eigenvalue weighted by atomic mass is 9.80. The summed E-state index contributed by atoms with van der Waals surface area (Å²) in [6.45, 7) is 11.8. The third-order valence-corrected chi connectivity index (χ3v) is 19.1. The number of rotatable bonds is 49. The molecule has 0 saturated carbocycles. The van der Waals surface area contributed by atoms with Crippen molar-refractivity contribution in [1.29, 1.82) is 5.26 Å². The number of ether oxygens (including phenoxy) is 15. The number of benzene rings is 3. The number of primary amides is 2. The van der Waals surface area contributed by atoms with Crippen molar-refractivity contribution in [3.05, 3.63) is 95.6 Å². The van der Waals surface area contributed by atoms with Crippen LogP contribution in [-0.4, -0.2) is 237 Å². The van der Waals surface area contributed by atoms with E-state index in [2.05, 4.69) is 26.7 Å². The summed E-state index contributed by atoms with van der Waals surface area (Å²) in [5, 5.41) is 17.6. The van der Waals surface area contributed by atoms with Gasteiger partial charge in [0.05, 0.1) is 78.2 Å². The molecule has 2 aliphatic rings. The van der Waals surface area contributed by atoms with Crippen molar-refractivity contribution in [2.45, 2.75) is 187 Å². The van der Waals surface area contributed by atoms with Crippen LogP contribution in [0.2, 0.25) is 0 Å². The van der Waals surface area contributed by atoms with Crippen LogP contribution in [0.15, 0.2) is 78.9 Å². The van der Waals surface area contributed by atoms with Gasteiger partial charge >= 0.3 is 35.8 Å². The van der Waals surface area contributed by atoms with Crippen molar-refractivity contribution in [2.75, 3.05) is 93.4 Å². The standard InChI is InChI=1S/C75H106N7O28P/c1-45(2)82(46(3)4)111(103-33-18-30-76)110-58(40-102-75(53-19-14-13-15-20-53,54-22-26-56(94-11)27-23-54)55-24-28-57(95-12)29-25-55)39-97-36-35-96-34-32-80-72(93)61(81-67(92)44-101-74-60(38-65(78)90)69(105-50(8)86)71(107-52(10)88)63(109-74)42-99-48(6)84)21-16-17-31-79-66(91)43-100-73-59(37-64(77)89)68(104-49(7)85)70(106-51(9)87)62(108-73)41-98-47(5)83/h13-15,19-20,22-29,45-46,58-63,68-71,73-74H,16-18,21,31-44H2,1-12H3,(H2,77,89)(H2,78,90)(H,79,91)(H,80,93)(H,81,92)/t58-,59+,60+,61-,62+,63+,68+,69+,70-,71-,73+,74+,111?/m0/s1. The molecule has 2 heterocycles. The molecule has 614 valence electrons. The van der Waals surface area contributed by atoms with E-state index in [0.717, 1.165) is 58.2 Å². The quantitative estimate of drug-likeness (QED) is 0.0176. The summed E-state index contributed by atoms with van der Waals surface area (Å²) in [6, 6.07) is 25.6. The Bertz CT molecular complexity index is 3460. The first-order valence-corrected chi connectivity index (χ1v) is 37.3. The highest BCUT2D eigenvalue weighted by molar-refractivity contribution is 7.44. The van der Waals surface area contributed by atoms with Crippen LogP contribution in [0.3, 0.4) is 0 Å².